The van der Waals surface area contributed by atoms with Crippen LogP contribution in [0.2, 0.25) is 0 Å². The van der Waals surface area contributed by atoms with Gasteiger partial charge in [-0.2, -0.15) is 0 Å². The minimum Gasteiger partial charge on any atom is -0.350 e. The second-order valence-corrected chi connectivity index (χ2v) is 35.3. The molecule has 5 saturated carbocycles. The van der Waals surface area contributed by atoms with Gasteiger partial charge in [-0.05, 0) is 265 Å². The van der Waals surface area contributed by atoms with E-state index in [9.17, 15) is 1.37 Å². The minimum absolute atomic E-state index is 0.0892. The summed E-state index contributed by atoms with van der Waals surface area (Å²) < 4.78 is 34.6. The molecule has 0 radical (unpaired) electrons. The molecule has 584 valence electrons. The number of fused-ring (bicyclic) bond motifs is 9. The number of hydrogen-bond donors (Lipinski definition) is 0. The van der Waals surface area contributed by atoms with Crippen molar-refractivity contribution < 1.29 is 5.48 Å². The van der Waals surface area contributed by atoms with Crippen LogP contribution in [0.5, 0.6) is 0 Å². The summed E-state index contributed by atoms with van der Waals surface area (Å²) in [6, 6.07) is 73.6. The van der Waals surface area contributed by atoms with E-state index in [2.05, 4.69) is 299 Å². The van der Waals surface area contributed by atoms with Crippen LogP contribution in [0.3, 0.4) is 0 Å². The summed E-state index contributed by atoms with van der Waals surface area (Å²) in [4.78, 5) is 19.8. The number of nitrogens with zero attached hydrogens (tertiary/aromatic N) is 8. The lowest BCUT2D eigenvalue weighted by molar-refractivity contribution is 0.172. The van der Waals surface area contributed by atoms with Crippen LogP contribution in [0.15, 0.2) is 246 Å². The van der Waals surface area contributed by atoms with Gasteiger partial charge in [0, 0.05) is 96.8 Å². The number of benzene rings is 8. The Morgan fingerprint density at radius 1 is 0.304 bits per heavy atom. The van der Waals surface area contributed by atoms with Gasteiger partial charge < -0.3 is 39.2 Å². The van der Waals surface area contributed by atoms with E-state index < -0.39 is 18.9 Å². The highest BCUT2D eigenvalue weighted by molar-refractivity contribution is 5.83. The number of aryl methyl sites for hydroxylation is 4. The van der Waals surface area contributed by atoms with Crippen molar-refractivity contribution in [3.05, 3.63) is 290 Å². The minimum atomic E-state index is -2.06. The van der Waals surface area contributed by atoms with Crippen LogP contribution in [0.1, 0.15) is 266 Å². The Hall–Kier alpha value is -8.88. The van der Waals surface area contributed by atoms with Crippen molar-refractivity contribution in [3.8, 4) is 0 Å². The molecule has 12 aliphatic rings. The third-order valence-electron chi connectivity index (χ3n) is 29.5. The van der Waals surface area contributed by atoms with Crippen LogP contribution in [0.4, 0.5) is 39.8 Å². The van der Waals surface area contributed by atoms with Gasteiger partial charge in [0.15, 0.2) is 0 Å². The van der Waals surface area contributed by atoms with E-state index in [0.29, 0.717) is 24.0 Å². The van der Waals surface area contributed by atoms with Gasteiger partial charge in [-0.3, -0.25) is 0 Å². The molecule has 6 atom stereocenters. The van der Waals surface area contributed by atoms with Gasteiger partial charge in [0.1, 0.15) is 24.7 Å². The van der Waals surface area contributed by atoms with Crippen molar-refractivity contribution in [1.82, 2.24) is 4.90 Å². The predicted molar refractivity (Wildman–Crippen MR) is 473 cm³/mol. The van der Waals surface area contributed by atoms with Crippen molar-refractivity contribution >= 4 is 39.8 Å². The van der Waals surface area contributed by atoms with E-state index in [0.717, 1.165) is 47.3 Å². The molecule has 8 aromatic carbocycles. The molecule has 0 spiro atoms. The van der Waals surface area contributed by atoms with Crippen LogP contribution in [0.25, 0.3) is 0 Å². The first-order valence-corrected chi connectivity index (χ1v) is 43.9. The molecule has 0 N–H and O–H groups in total. The van der Waals surface area contributed by atoms with Crippen LogP contribution < -0.4 is 34.3 Å². The third kappa shape index (κ3) is 12.4. The molecule has 0 bridgehead atoms. The van der Waals surface area contributed by atoms with E-state index in [1.807, 2.05) is 23.1 Å². The SMILES string of the molecule is CC1=C2N(c3ccccc3C2(C2CCCC2)C2CCCC2)C(C)N1c1ccccc1C.CC1=C2N(c3ccccc3C2(c2ccccc2)C2CCCCC2)C(C)N1c1ccccc1C.[2H]C([2H])([2H])C1N(c2ccccc2C)C(C)=C(C)N1C1CCCCC1.[2H]C1(C2CCCCC2)C2=C(C)N(c3ccccc3C)C(C)N2c2ccccc21. The van der Waals surface area contributed by atoms with Gasteiger partial charge in [-0.25, -0.2) is 0 Å². The molecule has 0 aromatic heterocycles. The Balaban J connectivity index is 0.000000112. The molecular weight excluding hydrogens is 1360 g/mol. The maximum atomic E-state index is 9.88. The summed E-state index contributed by atoms with van der Waals surface area (Å²) in [6.45, 7) is 24.9. The summed E-state index contributed by atoms with van der Waals surface area (Å²) in [5, 5.41) is 0. The number of anilines is 7. The number of rotatable bonds is 10. The zero-order valence-electron chi connectivity index (χ0n) is 73.6. The maximum absolute atomic E-state index is 9.88. The standard InChI is InChI=1S/C31H34N2.C29H36N2.C25H30N2.C19H28N2/c1-22-14-10-12-20-28(22)32-23(2)30-31(25-15-6-4-7-16-25,26-17-8-5-9-18-26)27-19-11-13-21-29(27)33(30)24(32)3;1-20-12-4-10-18-26(20)30-21(2)28-29(23-13-5-6-14-23,24-15-7-8-16-24)25-17-9-11-19-27(25)31(28)22(30)3;1-17-11-7-9-15-22(17)26-18(2)25-24(20-12-5-4-6-13-20)21-14-8-10-16-23(21)27(25)19(26)3;1-14-10-8-9-13-19(14)21-16(3)15(2)20(17(21)4)18-11-6-5-7-12-18/h4,6-7,10-16,19-21,24,26H,5,8-9,17-18H2,1-3H3;4,9-12,17-19,22-24H,5-8,13-16H2,1-3H3;7-11,14-16,19-20,24H,4-6,12-13H2,1-3H3;8-10,13,17-18H,5-7,11-12H2,1-4H3/i;;24D;4D3. The maximum Gasteiger partial charge on any atom is 0.108 e. The zero-order valence-corrected chi connectivity index (χ0v) is 69.6. The van der Waals surface area contributed by atoms with Crippen molar-refractivity contribution in [2.75, 3.05) is 34.3 Å². The quantitative estimate of drug-likeness (QED) is 0.134. The number of para-hydroxylation sites is 7. The fourth-order valence-corrected chi connectivity index (χ4v) is 24.6. The molecule has 7 heterocycles. The van der Waals surface area contributed by atoms with Gasteiger partial charge in [-0.15, -0.1) is 0 Å². The molecule has 6 unspecified atom stereocenters. The van der Waals surface area contributed by atoms with E-state index in [1.54, 1.807) is 11.3 Å². The van der Waals surface area contributed by atoms with E-state index in [4.69, 9.17) is 4.11 Å². The Labute approximate surface area is 679 Å². The second kappa shape index (κ2) is 31.5. The van der Waals surface area contributed by atoms with Gasteiger partial charge in [0.05, 0.1) is 16.8 Å². The van der Waals surface area contributed by atoms with Crippen LogP contribution in [0, 0.1) is 51.4 Å². The summed E-state index contributed by atoms with van der Waals surface area (Å²) >= 11 is 0. The topological polar surface area (TPSA) is 25.9 Å². The smallest absolute Gasteiger partial charge is 0.108 e. The Bertz CT molecular complexity index is 5030. The molecule has 0 amide bonds. The molecule has 5 fully saturated rings. The Morgan fingerprint density at radius 2 is 0.670 bits per heavy atom. The number of hydrogen-bond acceptors (Lipinski definition) is 8. The lowest BCUT2D eigenvalue weighted by atomic mass is 9.60. The van der Waals surface area contributed by atoms with Crippen molar-refractivity contribution in [2.24, 2.45) is 23.7 Å². The van der Waals surface area contributed by atoms with Crippen molar-refractivity contribution in [3.63, 3.8) is 0 Å². The highest BCUT2D eigenvalue weighted by Gasteiger charge is 2.62. The fraction of sp³-hybridized carbons (Fsp3) is 0.462. The first-order valence-electron chi connectivity index (χ1n) is 45.9. The normalized spacial score (nSPS) is 26.3. The summed E-state index contributed by atoms with van der Waals surface area (Å²) in [7, 11) is 0. The van der Waals surface area contributed by atoms with E-state index >= 15 is 0 Å². The fourth-order valence-electron chi connectivity index (χ4n) is 24.6. The number of allylic oxidation sites excluding steroid dienone is 8. The first kappa shape index (κ1) is 70.9. The summed E-state index contributed by atoms with van der Waals surface area (Å²) in [5.74, 6) is 1.97. The second-order valence-electron chi connectivity index (χ2n) is 35.3. The lowest BCUT2D eigenvalue weighted by Gasteiger charge is -2.43. The van der Waals surface area contributed by atoms with Crippen LogP contribution >= 0.6 is 0 Å². The average molecular weight is 1490 g/mol. The van der Waals surface area contributed by atoms with E-state index in [-0.39, 0.29) is 23.2 Å². The summed E-state index contributed by atoms with van der Waals surface area (Å²) in [5.41, 5.74) is 30.9. The monoisotopic (exact) mass is 1490 g/mol. The molecule has 7 aliphatic heterocycles. The zero-order chi connectivity index (χ0) is 80.7. The van der Waals surface area contributed by atoms with Gasteiger partial charge in [0.2, 0.25) is 0 Å². The van der Waals surface area contributed by atoms with Crippen molar-refractivity contribution in [2.45, 2.75) is 285 Å². The van der Waals surface area contributed by atoms with Gasteiger partial charge >= 0.3 is 0 Å². The molecular formula is C104H128N8. The largest absolute Gasteiger partial charge is 0.350 e. The molecule has 8 heteroatoms. The average Bonchev–Trinajstić information content (AvgIpc) is 1.54. The predicted octanol–water partition coefficient (Wildman–Crippen LogP) is 26.9. The Kier molecular flexibility index (Phi) is 19.9. The molecule has 20 rings (SSSR count). The molecule has 0 saturated heterocycles. The Morgan fingerprint density at radius 3 is 1.17 bits per heavy atom. The molecule has 8 aromatic rings. The molecule has 8 nitrogen and oxygen atoms in total. The molecule has 5 aliphatic carbocycles. The van der Waals surface area contributed by atoms with Crippen molar-refractivity contribution in [1.29, 1.82) is 0 Å². The van der Waals surface area contributed by atoms with Gasteiger partial charge in [0.25, 0.3) is 0 Å². The molecule has 112 heavy (non-hydrogen) atoms. The third-order valence-corrected chi connectivity index (χ3v) is 29.5. The van der Waals surface area contributed by atoms with Gasteiger partial charge in [-0.1, -0.05) is 241 Å². The van der Waals surface area contributed by atoms with Crippen LogP contribution in [-0.2, 0) is 10.8 Å². The highest BCUT2D eigenvalue weighted by atomic mass is 15.5. The summed E-state index contributed by atoms with van der Waals surface area (Å²) in [6.07, 6.45) is 30.1. The highest BCUT2D eigenvalue weighted by Crippen LogP contribution is 2.67. The van der Waals surface area contributed by atoms with Crippen LogP contribution in [-0.4, -0.2) is 35.6 Å². The lowest BCUT2D eigenvalue weighted by Crippen LogP contribution is -2.44. The first-order chi connectivity index (χ1) is 56.2. The van der Waals surface area contributed by atoms with E-state index in [1.165, 1.54) is 231 Å².